The molecule has 6 heteroatoms. The summed E-state index contributed by atoms with van der Waals surface area (Å²) < 4.78 is 26.0. The molecule has 0 spiro atoms. The molecule has 1 heterocycles. The molecule has 0 aromatic carbocycles. The largest absolute Gasteiger partial charge is 0.317 e. The summed E-state index contributed by atoms with van der Waals surface area (Å²) in [6.45, 7) is 7.01. The molecule has 5 nitrogen and oxygen atoms in total. The second-order valence-electron chi connectivity index (χ2n) is 4.98. The number of rotatable bonds is 7. The number of likely N-dealkylation sites (N-methyl/N-ethyl adjacent to an activating group) is 1. The van der Waals surface area contributed by atoms with Crippen LogP contribution < -0.4 is 5.32 Å². The van der Waals surface area contributed by atoms with Crippen LogP contribution in [-0.4, -0.2) is 69.7 Å². The van der Waals surface area contributed by atoms with E-state index < -0.39 is 10.0 Å². The van der Waals surface area contributed by atoms with E-state index in [0.29, 0.717) is 19.5 Å². The van der Waals surface area contributed by atoms with Gasteiger partial charge in [-0.3, -0.25) is 0 Å². The van der Waals surface area contributed by atoms with Crippen LogP contribution in [0.1, 0.15) is 26.2 Å². The smallest absolute Gasteiger partial charge is 0.214 e. The van der Waals surface area contributed by atoms with Crippen molar-refractivity contribution < 1.29 is 8.42 Å². The predicted molar refractivity (Wildman–Crippen MR) is 75.3 cm³/mol. The Morgan fingerprint density at radius 1 is 1.11 bits per heavy atom. The maximum Gasteiger partial charge on any atom is 0.214 e. The summed E-state index contributed by atoms with van der Waals surface area (Å²) >= 11 is 0. The van der Waals surface area contributed by atoms with Crippen LogP contribution in [0, 0.1) is 0 Å². The quantitative estimate of drug-likeness (QED) is 0.682. The van der Waals surface area contributed by atoms with Gasteiger partial charge in [-0.15, -0.1) is 0 Å². The molecule has 1 aliphatic rings. The number of hydrogen-bond acceptors (Lipinski definition) is 4. The fourth-order valence-corrected chi connectivity index (χ4v) is 3.65. The summed E-state index contributed by atoms with van der Waals surface area (Å²) in [6.07, 6.45) is 2.73. The zero-order chi connectivity index (χ0) is 13.4. The molecule has 1 N–H and O–H groups in total. The Morgan fingerprint density at radius 3 is 2.61 bits per heavy atom. The normalized spacial score (nSPS) is 19.9. The number of nitrogens with zero attached hydrogens (tertiary/aromatic N) is 2. The minimum absolute atomic E-state index is 0.271. The molecule has 0 unspecified atom stereocenters. The van der Waals surface area contributed by atoms with Gasteiger partial charge in [-0.05, 0) is 45.9 Å². The summed E-state index contributed by atoms with van der Waals surface area (Å²) in [5.41, 5.74) is 0. The minimum atomic E-state index is -3.05. The lowest BCUT2D eigenvalue weighted by Crippen LogP contribution is -2.36. The SMILES string of the molecule is CCCNCCCS(=O)(=O)N1CCCN(C)CC1. The van der Waals surface area contributed by atoms with Gasteiger partial charge in [-0.25, -0.2) is 12.7 Å². The van der Waals surface area contributed by atoms with Crippen molar-refractivity contribution in [1.29, 1.82) is 0 Å². The molecule has 0 atom stereocenters. The van der Waals surface area contributed by atoms with Crippen LogP contribution in [0.4, 0.5) is 0 Å². The first kappa shape index (κ1) is 15.9. The van der Waals surface area contributed by atoms with Gasteiger partial charge in [-0.1, -0.05) is 6.92 Å². The highest BCUT2D eigenvalue weighted by molar-refractivity contribution is 7.89. The second kappa shape index (κ2) is 8.09. The van der Waals surface area contributed by atoms with E-state index in [1.54, 1.807) is 4.31 Å². The Hall–Kier alpha value is -0.170. The van der Waals surface area contributed by atoms with Gasteiger partial charge >= 0.3 is 0 Å². The van der Waals surface area contributed by atoms with E-state index in [9.17, 15) is 8.42 Å². The topological polar surface area (TPSA) is 52.7 Å². The zero-order valence-corrected chi connectivity index (χ0v) is 12.5. The van der Waals surface area contributed by atoms with Crippen molar-refractivity contribution in [3.8, 4) is 0 Å². The monoisotopic (exact) mass is 277 g/mol. The molecule has 0 aliphatic carbocycles. The van der Waals surface area contributed by atoms with Crippen molar-refractivity contribution in [3.05, 3.63) is 0 Å². The van der Waals surface area contributed by atoms with E-state index in [1.807, 2.05) is 7.05 Å². The molecule has 0 aromatic heterocycles. The maximum atomic E-state index is 12.2. The molecule has 1 rings (SSSR count). The number of hydrogen-bond donors (Lipinski definition) is 1. The van der Waals surface area contributed by atoms with Crippen LogP contribution in [0.15, 0.2) is 0 Å². The lowest BCUT2D eigenvalue weighted by molar-refractivity contribution is 0.347. The Labute approximate surface area is 112 Å². The van der Waals surface area contributed by atoms with Crippen LogP contribution in [-0.2, 0) is 10.0 Å². The van der Waals surface area contributed by atoms with Crippen LogP contribution in [0.3, 0.4) is 0 Å². The lowest BCUT2D eigenvalue weighted by Gasteiger charge is -2.20. The maximum absolute atomic E-state index is 12.2. The van der Waals surface area contributed by atoms with Crippen molar-refractivity contribution in [2.45, 2.75) is 26.2 Å². The van der Waals surface area contributed by atoms with E-state index in [1.165, 1.54) is 0 Å². The molecule has 0 aromatic rings. The molecule has 1 fully saturated rings. The van der Waals surface area contributed by atoms with E-state index >= 15 is 0 Å². The average Bonchev–Trinajstić information content (AvgIpc) is 2.54. The Balaban J connectivity index is 2.33. The summed E-state index contributed by atoms with van der Waals surface area (Å²) in [6, 6.07) is 0. The van der Waals surface area contributed by atoms with Crippen molar-refractivity contribution >= 4 is 10.0 Å². The Kier molecular flexibility index (Phi) is 7.14. The van der Waals surface area contributed by atoms with Gasteiger partial charge in [0.2, 0.25) is 10.0 Å². The van der Waals surface area contributed by atoms with Crippen LogP contribution in [0.25, 0.3) is 0 Å². The van der Waals surface area contributed by atoms with Crippen molar-refractivity contribution in [1.82, 2.24) is 14.5 Å². The number of nitrogens with one attached hydrogen (secondary N) is 1. The molecule has 108 valence electrons. The lowest BCUT2D eigenvalue weighted by atomic mass is 10.4. The molecular weight excluding hydrogens is 250 g/mol. The Morgan fingerprint density at radius 2 is 1.89 bits per heavy atom. The first-order valence-electron chi connectivity index (χ1n) is 6.93. The van der Waals surface area contributed by atoms with Gasteiger partial charge in [0, 0.05) is 19.6 Å². The highest BCUT2D eigenvalue weighted by Gasteiger charge is 2.23. The summed E-state index contributed by atoms with van der Waals surface area (Å²) in [5, 5.41) is 3.24. The fourth-order valence-electron chi connectivity index (χ4n) is 2.11. The fraction of sp³-hybridized carbons (Fsp3) is 1.00. The Bertz CT molecular complexity index is 319. The molecule has 0 saturated carbocycles. The molecule has 18 heavy (non-hydrogen) atoms. The first-order valence-corrected chi connectivity index (χ1v) is 8.54. The first-order chi connectivity index (χ1) is 8.56. The highest BCUT2D eigenvalue weighted by atomic mass is 32.2. The third-order valence-corrected chi connectivity index (χ3v) is 5.21. The van der Waals surface area contributed by atoms with Gasteiger partial charge in [0.05, 0.1) is 5.75 Å². The zero-order valence-electron chi connectivity index (χ0n) is 11.7. The minimum Gasteiger partial charge on any atom is -0.317 e. The van der Waals surface area contributed by atoms with Gasteiger partial charge in [0.25, 0.3) is 0 Å². The van der Waals surface area contributed by atoms with Crippen LogP contribution >= 0.6 is 0 Å². The van der Waals surface area contributed by atoms with E-state index in [2.05, 4.69) is 17.1 Å². The summed E-state index contributed by atoms with van der Waals surface area (Å²) in [4.78, 5) is 2.19. The van der Waals surface area contributed by atoms with Crippen molar-refractivity contribution in [2.75, 3.05) is 52.1 Å². The standard InChI is InChI=1S/C12H27N3O2S/c1-3-6-13-7-4-12-18(16,17)15-9-5-8-14(2)10-11-15/h13H,3-12H2,1-2H3. The molecule has 0 amide bonds. The third kappa shape index (κ3) is 5.65. The second-order valence-corrected chi connectivity index (χ2v) is 7.06. The van der Waals surface area contributed by atoms with Gasteiger partial charge < -0.3 is 10.2 Å². The summed E-state index contributed by atoms with van der Waals surface area (Å²) in [7, 11) is -1.00. The van der Waals surface area contributed by atoms with Crippen molar-refractivity contribution in [3.63, 3.8) is 0 Å². The highest BCUT2D eigenvalue weighted by Crippen LogP contribution is 2.08. The molecule has 1 aliphatic heterocycles. The van der Waals surface area contributed by atoms with Gasteiger partial charge in [-0.2, -0.15) is 0 Å². The van der Waals surface area contributed by atoms with E-state index in [0.717, 1.165) is 39.0 Å². The average molecular weight is 277 g/mol. The molecular formula is C12H27N3O2S. The van der Waals surface area contributed by atoms with E-state index in [-0.39, 0.29) is 5.75 Å². The van der Waals surface area contributed by atoms with Gasteiger partial charge in [0.15, 0.2) is 0 Å². The van der Waals surface area contributed by atoms with Crippen LogP contribution in [0.5, 0.6) is 0 Å². The van der Waals surface area contributed by atoms with Crippen LogP contribution in [0.2, 0.25) is 0 Å². The molecule has 0 radical (unpaired) electrons. The third-order valence-electron chi connectivity index (χ3n) is 3.25. The molecule has 0 bridgehead atoms. The van der Waals surface area contributed by atoms with Crippen molar-refractivity contribution in [2.24, 2.45) is 0 Å². The van der Waals surface area contributed by atoms with E-state index in [4.69, 9.17) is 0 Å². The predicted octanol–water partition coefficient (Wildman–Crippen LogP) is 0.343. The summed E-state index contributed by atoms with van der Waals surface area (Å²) in [5.74, 6) is 0.271. The number of sulfonamides is 1. The van der Waals surface area contributed by atoms with Gasteiger partial charge in [0.1, 0.15) is 0 Å². The molecule has 1 saturated heterocycles.